The zero-order valence-corrected chi connectivity index (χ0v) is 7.67. The maximum absolute atomic E-state index is 10.6. The lowest BCUT2D eigenvalue weighted by Gasteiger charge is -2.32. The standard InChI is InChI=1S/C6H14N2O2S/c1-5-4-8(11(9)10)6(2)3-7-5/h5-7,11H,3-4H2,1-2H3. The van der Waals surface area contributed by atoms with E-state index in [2.05, 4.69) is 5.32 Å². The summed E-state index contributed by atoms with van der Waals surface area (Å²) in [5.41, 5.74) is 0. The van der Waals surface area contributed by atoms with E-state index in [0.29, 0.717) is 6.54 Å². The van der Waals surface area contributed by atoms with Gasteiger partial charge in [0.25, 0.3) is 0 Å². The molecule has 0 bridgehead atoms. The minimum Gasteiger partial charge on any atom is -0.311 e. The molecule has 2 atom stereocenters. The Kier molecular flexibility index (Phi) is 2.86. The van der Waals surface area contributed by atoms with Crippen LogP contribution in [-0.4, -0.2) is 37.9 Å². The predicted molar refractivity (Wildman–Crippen MR) is 43.9 cm³/mol. The number of nitrogens with one attached hydrogen (secondary N) is 1. The van der Waals surface area contributed by atoms with E-state index in [1.165, 1.54) is 4.31 Å². The van der Waals surface area contributed by atoms with Crippen LogP contribution in [0.2, 0.25) is 0 Å². The van der Waals surface area contributed by atoms with E-state index in [-0.39, 0.29) is 12.1 Å². The van der Waals surface area contributed by atoms with Gasteiger partial charge < -0.3 is 5.32 Å². The summed E-state index contributed by atoms with van der Waals surface area (Å²) in [5.74, 6) is 0. The third kappa shape index (κ3) is 2.15. The number of piperazine rings is 1. The summed E-state index contributed by atoms with van der Waals surface area (Å²) in [6.07, 6.45) is 0. The topological polar surface area (TPSA) is 49.4 Å². The average Bonchev–Trinajstić information content (AvgIpc) is 1.94. The lowest BCUT2D eigenvalue weighted by Crippen LogP contribution is -2.53. The Morgan fingerprint density at radius 2 is 2.09 bits per heavy atom. The van der Waals surface area contributed by atoms with E-state index >= 15 is 0 Å². The first-order valence-electron chi connectivity index (χ1n) is 3.75. The molecular weight excluding hydrogens is 164 g/mol. The fourth-order valence-electron chi connectivity index (χ4n) is 1.23. The Labute approximate surface area is 68.7 Å². The number of hydrogen-bond donors (Lipinski definition) is 2. The smallest absolute Gasteiger partial charge is 0.204 e. The van der Waals surface area contributed by atoms with Crippen molar-refractivity contribution in [2.75, 3.05) is 13.1 Å². The molecule has 1 rings (SSSR count). The molecule has 5 heteroatoms. The molecule has 0 spiro atoms. The molecule has 0 aromatic heterocycles. The zero-order valence-electron chi connectivity index (χ0n) is 6.78. The van der Waals surface area contributed by atoms with E-state index in [1.807, 2.05) is 13.8 Å². The van der Waals surface area contributed by atoms with Crippen molar-refractivity contribution in [2.45, 2.75) is 25.9 Å². The molecule has 2 unspecified atom stereocenters. The van der Waals surface area contributed by atoms with Gasteiger partial charge in [-0.3, -0.25) is 0 Å². The van der Waals surface area contributed by atoms with Crippen LogP contribution in [0, 0.1) is 0 Å². The molecule has 0 aromatic rings. The van der Waals surface area contributed by atoms with Gasteiger partial charge in [0.1, 0.15) is 0 Å². The molecule has 0 aliphatic carbocycles. The summed E-state index contributed by atoms with van der Waals surface area (Å²) in [6.45, 7) is 5.24. The minimum atomic E-state index is -2.39. The van der Waals surface area contributed by atoms with Crippen molar-refractivity contribution in [3.8, 4) is 0 Å². The molecule has 1 N–H and O–H groups in total. The molecule has 1 fully saturated rings. The van der Waals surface area contributed by atoms with Crippen molar-refractivity contribution in [3.63, 3.8) is 0 Å². The molecule has 1 aliphatic heterocycles. The molecule has 0 saturated carbocycles. The molecule has 0 aromatic carbocycles. The van der Waals surface area contributed by atoms with Crippen molar-refractivity contribution in [2.24, 2.45) is 0 Å². The number of nitrogens with zero attached hydrogens (tertiary/aromatic N) is 1. The third-order valence-electron chi connectivity index (χ3n) is 1.94. The summed E-state index contributed by atoms with van der Waals surface area (Å²) in [7, 11) is -2.39. The van der Waals surface area contributed by atoms with Gasteiger partial charge in [0, 0.05) is 25.2 Å². The molecule has 1 heterocycles. The maximum atomic E-state index is 10.6. The van der Waals surface area contributed by atoms with Crippen LogP contribution < -0.4 is 5.32 Å². The first-order chi connectivity index (χ1) is 5.11. The molecular formula is C6H14N2O2S. The fraction of sp³-hybridized carbons (Fsp3) is 1.00. The highest BCUT2D eigenvalue weighted by molar-refractivity contribution is 7.69. The highest BCUT2D eigenvalue weighted by Crippen LogP contribution is 2.05. The monoisotopic (exact) mass is 178 g/mol. The van der Waals surface area contributed by atoms with E-state index in [0.717, 1.165) is 6.54 Å². The quantitative estimate of drug-likeness (QED) is 0.517. The van der Waals surface area contributed by atoms with Gasteiger partial charge in [-0.25, -0.2) is 8.42 Å². The Bertz CT molecular complexity index is 197. The third-order valence-corrected chi connectivity index (χ3v) is 2.92. The van der Waals surface area contributed by atoms with Crippen LogP contribution in [0.25, 0.3) is 0 Å². The SMILES string of the molecule is CC1CN([SH](=O)=O)C(C)CN1. The van der Waals surface area contributed by atoms with Crippen LogP contribution in [0.1, 0.15) is 13.8 Å². The van der Waals surface area contributed by atoms with E-state index in [4.69, 9.17) is 0 Å². The molecule has 0 amide bonds. The first-order valence-corrected chi connectivity index (χ1v) is 4.88. The van der Waals surface area contributed by atoms with Crippen LogP contribution in [0.15, 0.2) is 0 Å². The minimum absolute atomic E-state index is 0.104. The molecule has 1 aliphatic rings. The van der Waals surface area contributed by atoms with Crippen LogP contribution in [-0.2, 0) is 10.9 Å². The normalized spacial score (nSPS) is 34.5. The second-order valence-corrected chi connectivity index (χ2v) is 4.01. The Morgan fingerprint density at radius 3 is 2.55 bits per heavy atom. The van der Waals surface area contributed by atoms with Crippen molar-refractivity contribution in [1.82, 2.24) is 9.62 Å². The van der Waals surface area contributed by atoms with Crippen molar-refractivity contribution in [3.05, 3.63) is 0 Å². The van der Waals surface area contributed by atoms with Gasteiger partial charge in [-0.2, -0.15) is 4.31 Å². The van der Waals surface area contributed by atoms with Gasteiger partial charge in [0.2, 0.25) is 10.9 Å². The van der Waals surface area contributed by atoms with Crippen LogP contribution in [0.4, 0.5) is 0 Å². The largest absolute Gasteiger partial charge is 0.311 e. The van der Waals surface area contributed by atoms with Gasteiger partial charge in [-0.15, -0.1) is 0 Å². The summed E-state index contributed by atoms with van der Waals surface area (Å²) in [4.78, 5) is 0. The summed E-state index contributed by atoms with van der Waals surface area (Å²) in [5, 5.41) is 3.21. The Balaban J connectivity index is 2.61. The predicted octanol–water partition coefficient (Wildman–Crippen LogP) is -0.805. The molecule has 11 heavy (non-hydrogen) atoms. The van der Waals surface area contributed by atoms with Gasteiger partial charge in [-0.05, 0) is 13.8 Å². The first kappa shape index (κ1) is 8.96. The molecule has 66 valence electrons. The molecule has 4 nitrogen and oxygen atoms in total. The van der Waals surface area contributed by atoms with Crippen molar-refractivity contribution in [1.29, 1.82) is 0 Å². The molecule has 0 radical (unpaired) electrons. The Morgan fingerprint density at radius 1 is 1.45 bits per heavy atom. The lowest BCUT2D eigenvalue weighted by molar-refractivity contribution is 0.251. The van der Waals surface area contributed by atoms with Crippen LogP contribution >= 0.6 is 0 Å². The number of hydrogen-bond acceptors (Lipinski definition) is 3. The average molecular weight is 178 g/mol. The van der Waals surface area contributed by atoms with E-state index in [9.17, 15) is 8.42 Å². The fourth-order valence-corrected chi connectivity index (χ4v) is 2.01. The highest BCUT2D eigenvalue weighted by Gasteiger charge is 2.23. The van der Waals surface area contributed by atoms with E-state index in [1.54, 1.807) is 0 Å². The van der Waals surface area contributed by atoms with Gasteiger partial charge in [0.15, 0.2) is 0 Å². The summed E-state index contributed by atoms with van der Waals surface area (Å²) >= 11 is 0. The number of rotatable bonds is 1. The lowest BCUT2D eigenvalue weighted by atomic mass is 10.2. The second kappa shape index (κ2) is 3.51. The van der Waals surface area contributed by atoms with Gasteiger partial charge >= 0.3 is 0 Å². The van der Waals surface area contributed by atoms with Crippen molar-refractivity contribution < 1.29 is 8.42 Å². The van der Waals surface area contributed by atoms with Crippen molar-refractivity contribution >= 4 is 10.9 Å². The highest BCUT2D eigenvalue weighted by atomic mass is 32.2. The maximum Gasteiger partial charge on any atom is 0.204 e. The summed E-state index contributed by atoms with van der Waals surface area (Å²) < 4.78 is 22.8. The summed E-state index contributed by atoms with van der Waals surface area (Å²) in [6, 6.07) is 0.381. The Hall–Kier alpha value is -0.130. The second-order valence-electron chi connectivity index (χ2n) is 3.02. The zero-order chi connectivity index (χ0) is 8.43. The van der Waals surface area contributed by atoms with Gasteiger partial charge in [-0.1, -0.05) is 0 Å². The van der Waals surface area contributed by atoms with Gasteiger partial charge in [0.05, 0.1) is 0 Å². The number of thiol groups is 1. The van der Waals surface area contributed by atoms with Crippen LogP contribution in [0.5, 0.6) is 0 Å². The van der Waals surface area contributed by atoms with E-state index < -0.39 is 10.9 Å². The van der Waals surface area contributed by atoms with Crippen LogP contribution in [0.3, 0.4) is 0 Å². The molecule has 1 saturated heterocycles.